The van der Waals surface area contributed by atoms with E-state index in [1.165, 1.54) is 6.92 Å². The standard InChI is InChI=1S/C18H24NO3/c1-13(18(21)16-6-4-3-5-7-16)19-10-8-15(9-11-19)17(12-19)22-14(2)20/h3-7,13,15,17H,8-12H2,1-2H3/q+1. The molecule has 0 amide bonds. The molecule has 0 aromatic heterocycles. The smallest absolute Gasteiger partial charge is 0.303 e. The molecule has 2 unspecified atom stereocenters. The monoisotopic (exact) mass is 302 g/mol. The number of benzene rings is 1. The summed E-state index contributed by atoms with van der Waals surface area (Å²) in [7, 11) is 0. The van der Waals surface area contributed by atoms with Gasteiger partial charge in [-0.1, -0.05) is 30.3 Å². The van der Waals surface area contributed by atoms with Crippen molar-refractivity contribution in [2.24, 2.45) is 5.92 Å². The van der Waals surface area contributed by atoms with E-state index in [-0.39, 0.29) is 23.9 Å². The number of quaternary nitrogens is 1. The number of esters is 1. The van der Waals surface area contributed by atoms with Crippen LogP contribution in [0, 0.1) is 5.92 Å². The second kappa shape index (κ2) is 5.84. The first-order valence-electron chi connectivity index (χ1n) is 8.14. The van der Waals surface area contributed by atoms with Crippen molar-refractivity contribution in [2.45, 2.75) is 38.8 Å². The van der Waals surface area contributed by atoms with Crippen LogP contribution in [0.1, 0.15) is 37.0 Å². The molecule has 2 atom stereocenters. The van der Waals surface area contributed by atoms with Gasteiger partial charge in [-0.2, -0.15) is 0 Å². The third kappa shape index (κ3) is 2.68. The van der Waals surface area contributed by atoms with Crippen molar-refractivity contribution in [3.05, 3.63) is 35.9 Å². The van der Waals surface area contributed by atoms with Crippen LogP contribution in [0.4, 0.5) is 0 Å². The van der Waals surface area contributed by atoms with Crippen LogP contribution < -0.4 is 0 Å². The zero-order valence-electron chi connectivity index (χ0n) is 13.3. The van der Waals surface area contributed by atoms with Crippen LogP contribution in [-0.2, 0) is 9.53 Å². The van der Waals surface area contributed by atoms with Gasteiger partial charge >= 0.3 is 5.97 Å². The van der Waals surface area contributed by atoms with Crippen LogP contribution in [0.3, 0.4) is 0 Å². The van der Waals surface area contributed by atoms with E-state index in [9.17, 15) is 9.59 Å². The summed E-state index contributed by atoms with van der Waals surface area (Å²) in [6.07, 6.45) is 2.07. The molecule has 3 aliphatic rings. The summed E-state index contributed by atoms with van der Waals surface area (Å²) in [5.41, 5.74) is 0.777. The average molecular weight is 302 g/mol. The molecule has 22 heavy (non-hydrogen) atoms. The number of hydrogen-bond donors (Lipinski definition) is 0. The molecule has 1 aromatic rings. The molecular weight excluding hydrogens is 278 g/mol. The normalized spacial score (nSPS) is 31.5. The lowest BCUT2D eigenvalue weighted by atomic mass is 9.81. The lowest BCUT2D eigenvalue weighted by Gasteiger charge is -2.54. The van der Waals surface area contributed by atoms with E-state index >= 15 is 0 Å². The molecule has 118 valence electrons. The van der Waals surface area contributed by atoms with Gasteiger partial charge in [0.1, 0.15) is 6.54 Å². The predicted octanol–water partition coefficient (Wildman–Crippen LogP) is 2.43. The van der Waals surface area contributed by atoms with Gasteiger partial charge < -0.3 is 9.22 Å². The summed E-state index contributed by atoms with van der Waals surface area (Å²) < 4.78 is 6.29. The minimum atomic E-state index is -0.209. The minimum Gasteiger partial charge on any atom is -0.456 e. The molecule has 0 radical (unpaired) electrons. The van der Waals surface area contributed by atoms with Gasteiger partial charge in [0.2, 0.25) is 5.78 Å². The van der Waals surface area contributed by atoms with Gasteiger partial charge in [0.25, 0.3) is 0 Å². The molecule has 4 nitrogen and oxygen atoms in total. The molecule has 1 aromatic carbocycles. The molecule has 4 rings (SSSR count). The summed E-state index contributed by atoms with van der Waals surface area (Å²) in [6.45, 7) is 6.32. The van der Waals surface area contributed by atoms with E-state index in [4.69, 9.17) is 4.74 Å². The third-order valence-electron chi connectivity index (χ3n) is 5.54. The maximum atomic E-state index is 12.8. The molecule has 3 saturated heterocycles. The van der Waals surface area contributed by atoms with E-state index in [1.807, 2.05) is 37.3 Å². The van der Waals surface area contributed by atoms with Crippen LogP contribution in [0.5, 0.6) is 0 Å². The summed E-state index contributed by atoms with van der Waals surface area (Å²) >= 11 is 0. The van der Waals surface area contributed by atoms with Gasteiger partial charge in [-0.15, -0.1) is 0 Å². The Morgan fingerprint density at radius 2 is 1.82 bits per heavy atom. The highest BCUT2D eigenvalue weighted by Crippen LogP contribution is 2.38. The highest BCUT2D eigenvalue weighted by molar-refractivity contribution is 5.99. The fourth-order valence-corrected chi connectivity index (χ4v) is 4.15. The van der Waals surface area contributed by atoms with E-state index in [0.29, 0.717) is 5.92 Å². The van der Waals surface area contributed by atoms with Gasteiger partial charge in [0.05, 0.1) is 13.1 Å². The number of hydrogen-bond acceptors (Lipinski definition) is 3. The second-order valence-corrected chi connectivity index (χ2v) is 6.74. The fourth-order valence-electron chi connectivity index (χ4n) is 4.15. The molecule has 3 heterocycles. The number of nitrogens with zero attached hydrogens (tertiary/aromatic N) is 1. The number of Topliss-reactive ketones (excluding diaryl/α,β-unsaturated/α-hetero) is 1. The SMILES string of the molecule is CC(=O)OC1C[N+]2(C(C)C(=O)c3ccccc3)CCC1CC2. The summed E-state index contributed by atoms with van der Waals surface area (Å²) in [6, 6.07) is 9.43. The summed E-state index contributed by atoms with van der Waals surface area (Å²) in [5.74, 6) is 0.462. The Bertz CT molecular complexity index is 561. The van der Waals surface area contributed by atoms with E-state index in [1.54, 1.807) is 0 Å². The van der Waals surface area contributed by atoms with E-state index in [0.717, 1.165) is 42.5 Å². The topological polar surface area (TPSA) is 43.4 Å². The first-order chi connectivity index (χ1) is 10.5. The van der Waals surface area contributed by atoms with Crippen LogP contribution in [-0.4, -0.2) is 48.0 Å². The Morgan fingerprint density at radius 1 is 1.18 bits per heavy atom. The zero-order valence-corrected chi connectivity index (χ0v) is 13.3. The Balaban J connectivity index is 1.80. The van der Waals surface area contributed by atoms with Crippen molar-refractivity contribution in [3.8, 4) is 0 Å². The summed E-state index contributed by atoms with van der Waals surface area (Å²) in [4.78, 5) is 24.2. The number of ketones is 1. The van der Waals surface area contributed by atoms with Gasteiger partial charge in [0, 0.05) is 31.2 Å². The Kier molecular flexibility index (Phi) is 4.04. The number of ether oxygens (including phenoxy) is 1. The highest BCUT2D eigenvalue weighted by Gasteiger charge is 2.51. The summed E-state index contributed by atoms with van der Waals surface area (Å²) in [5, 5.41) is 0. The quantitative estimate of drug-likeness (QED) is 0.487. The van der Waals surface area contributed by atoms with Crippen LogP contribution >= 0.6 is 0 Å². The number of rotatable bonds is 4. The number of carbonyl (C=O) groups is 2. The van der Waals surface area contributed by atoms with Crippen molar-refractivity contribution in [3.63, 3.8) is 0 Å². The molecule has 2 bridgehead atoms. The van der Waals surface area contributed by atoms with Crippen LogP contribution in [0.15, 0.2) is 30.3 Å². The Morgan fingerprint density at radius 3 is 2.41 bits per heavy atom. The number of fused-ring (bicyclic) bond motifs is 3. The maximum absolute atomic E-state index is 12.8. The molecular formula is C18H24NO3+. The minimum absolute atomic E-state index is 0.0222. The average Bonchev–Trinajstić information content (AvgIpc) is 2.55. The molecule has 3 fully saturated rings. The Hall–Kier alpha value is -1.68. The largest absolute Gasteiger partial charge is 0.456 e. The van der Waals surface area contributed by atoms with E-state index in [2.05, 4.69) is 0 Å². The molecule has 3 aliphatic heterocycles. The van der Waals surface area contributed by atoms with Gasteiger partial charge in [-0.3, -0.25) is 9.59 Å². The first kappa shape index (κ1) is 15.2. The van der Waals surface area contributed by atoms with Crippen LogP contribution in [0.2, 0.25) is 0 Å². The molecule has 0 saturated carbocycles. The lowest BCUT2D eigenvalue weighted by Crippen LogP contribution is -2.69. The van der Waals surface area contributed by atoms with Gasteiger partial charge in [-0.05, 0) is 6.92 Å². The molecule has 4 heteroatoms. The highest BCUT2D eigenvalue weighted by atomic mass is 16.5. The van der Waals surface area contributed by atoms with Crippen LogP contribution in [0.25, 0.3) is 0 Å². The van der Waals surface area contributed by atoms with Crippen molar-refractivity contribution in [1.29, 1.82) is 0 Å². The van der Waals surface area contributed by atoms with Crippen molar-refractivity contribution < 1.29 is 18.8 Å². The zero-order chi connectivity index (χ0) is 15.7. The molecule has 0 spiro atoms. The molecule has 0 N–H and O–H groups in total. The first-order valence-corrected chi connectivity index (χ1v) is 8.14. The predicted molar refractivity (Wildman–Crippen MR) is 83.4 cm³/mol. The van der Waals surface area contributed by atoms with Crippen molar-refractivity contribution >= 4 is 11.8 Å². The van der Waals surface area contributed by atoms with E-state index < -0.39 is 0 Å². The number of carbonyl (C=O) groups excluding carboxylic acids is 2. The maximum Gasteiger partial charge on any atom is 0.303 e. The molecule has 0 aliphatic carbocycles. The van der Waals surface area contributed by atoms with Gasteiger partial charge in [0.15, 0.2) is 12.1 Å². The van der Waals surface area contributed by atoms with Crippen molar-refractivity contribution in [2.75, 3.05) is 19.6 Å². The second-order valence-electron chi connectivity index (χ2n) is 6.74. The van der Waals surface area contributed by atoms with Crippen molar-refractivity contribution in [1.82, 2.24) is 0 Å². The number of piperidine rings is 3. The Labute approximate surface area is 131 Å². The lowest BCUT2D eigenvalue weighted by molar-refractivity contribution is -0.957. The van der Waals surface area contributed by atoms with Gasteiger partial charge in [-0.25, -0.2) is 0 Å². The third-order valence-corrected chi connectivity index (χ3v) is 5.54. The fraction of sp³-hybridized carbons (Fsp3) is 0.556.